The van der Waals surface area contributed by atoms with Gasteiger partial charge in [-0.05, 0) is 74.1 Å². The van der Waals surface area contributed by atoms with Gasteiger partial charge in [0.15, 0.2) is 5.11 Å². The number of hydrogen-bond acceptors (Lipinski definition) is 2. The van der Waals surface area contributed by atoms with Gasteiger partial charge in [-0.25, -0.2) is 4.39 Å². The minimum Gasteiger partial charge on any atom is -0.351 e. The lowest BCUT2D eigenvalue weighted by molar-refractivity contribution is 0.538. The third kappa shape index (κ3) is 3.00. The van der Waals surface area contributed by atoms with Gasteiger partial charge in [0.1, 0.15) is 11.9 Å². The fraction of sp³-hybridized carbons (Fsp3) is 0.238. The third-order valence-electron chi connectivity index (χ3n) is 5.23. The highest BCUT2D eigenvalue weighted by Crippen LogP contribution is 2.42. The Balaban J connectivity index is 1.87. The highest BCUT2D eigenvalue weighted by Gasteiger charge is 2.42. The zero-order chi connectivity index (χ0) is 19.1. The molecule has 0 unspecified atom stereocenters. The SMILES string of the molecule is Cc1cc(N2C(=S)N[C@H](c3ccccn3)[C@@H]2c2ccc(C)n2C)ccc1F. The highest BCUT2D eigenvalue weighted by atomic mass is 32.1. The van der Waals surface area contributed by atoms with E-state index in [1.165, 1.54) is 6.07 Å². The molecule has 6 heteroatoms. The van der Waals surface area contributed by atoms with Crippen LogP contribution in [0.2, 0.25) is 0 Å². The number of pyridine rings is 1. The Morgan fingerprint density at radius 3 is 2.56 bits per heavy atom. The number of thiocarbonyl (C=S) groups is 1. The lowest BCUT2D eigenvalue weighted by Crippen LogP contribution is -2.30. The standard InChI is InChI=1S/C21H21FN4S/c1-13-12-15(8-9-16(13)22)26-20(18-10-7-14(2)25(18)3)19(24-21(26)27)17-6-4-5-11-23-17/h4-12,19-20H,1-3H3,(H,24,27)/t19-,20+/m1/s1. The van der Waals surface area contributed by atoms with Gasteiger partial charge in [-0.1, -0.05) is 6.07 Å². The second-order valence-electron chi connectivity index (χ2n) is 6.89. The molecule has 4 rings (SSSR count). The summed E-state index contributed by atoms with van der Waals surface area (Å²) in [6.07, 6.45) is 1.79. The van der Waals surface area contributed by atoms with Crippen molar-refractivity contribution in [3.05, 3.63) is 83.2 Å². The van der Waals surface area contributed by atoms with Gasteiger partial charge in [-0.15, -0.1) is 0 Å². The van der Waals surface area contributed by atoms with E-state index in [4.69, 9.17) is 12.2 Å². The molecule has 0 saturated carbocycles. The van der Waals surface area contributed by atoms with E-state index in [0.717, 1.165) is 22.8 Å². The first-order valence-electron chi connectivity index (χ1n) is 8.86. The number of aryl methyl sites for hydroxylation is 2. The molecule has 2 aromatic heterocycles. The van der Waals surface area contributed by atoms with E-state index in [2.05, 4.69) is 45.9 Å². The minimum absolute atomic E-state index is 0.0871. The molecule has 3 aromatic rings. The zero-order valence-corrected chi connectivity index (χ0v) is 16.3. The van der Waals surface area contributed by atoms with Crippen molar-refractivity contribution in [3.63, 3.8) is 0 Å². The van der Waals surface area contributed by atoms with Crippen LogP contribution in [0.25, 0.3) is 0 Å². The van der Waals surface area contributed by atoms with Crippen molar-refractivity contribution in [3.8, 4) is 0 Å². The molecule has 0 amide bonds. The topological polar surface area (TPSA) is 33.1 Å². The van der Waals surface area contributed by atoms with Crippen LogP contribution in [0.15, 0.2) is 54.7 Å². The maximum Gasteiger partial charge on any atom is 0.174 e. The second-order valence-corrected chi connectivity index (χ2v) is 7.28. The molecule has 0 radical (unpaired) electrons. The summed E-state index contributed by atoms with van der Waals surface area (Å²) in [7, 11) is 2.05. The van der Waals surface area contributed by atoms with E-state index in [1.54, 1.807) is 19.2 Å². The van der Waals surface area contributed by atoms with Crippen molar-refractivity contribution in [1.82, 2.24) is 14.9 Å². The molecule has 1 aromatic carbocycles. The lowest BCUT2D eigenvalue weighted by Gasteiger charge is -2.28. The molecule has 1 aliphatic rings. The van der Waals surface area contributed by atoms with Crippen molar-refractivity contribution in [1.29, 1.82) is 0 Å². The number of rotatable bonds is 3. The van der Waals surface area contributed by atoms with E-state index < -0.39 is 0 Å². The summed E-state index contributed by atoms with van der Waals surface area (Å²) in [5.41, 5.74) is 4.67. The van der Waals surface area contributed by atoms with Crippen molar-refractivity contribution >= 4 is 23.0 Å². The normalized spacial score (nSPS) is 19.4. The summed E-state index contributed by atoms with van der Waals surface area (Å²) in [6.45, 7) is 3.84. The Kier molecular flexibility index (Phi) is 4.44. The molecule has 3 heterocycles. The van der Waals surface area contributed by atoms with Gasteiger partial charge in [-0.2, -0.15) is 0 Å². The number of nitrogens with zero attached hydrogens (tertiary/aromatic N) is 3. The van der Waals surface area contributed by atoms with Crippen LogP contribution in [0, 0.1) is 19.7 Å². The van der Waals surface area contributed by atoms with Crippen molar-refractivity contribution in [2.24, 2.45) is 7.05 Å². The van der Waals surface area contributed by atoms with E-state index in [-0.39, 0.29) is 17.9 Å². The first-order valence-corrected chi connectivity index (χ1v) is 9.27. The molecular weight excluding hydrogens is 359 g/mol. The van der Waals surface area contributed by atoms with E-state index in [0.29, 0.717) is 10.7 Å². The van der Waals surface area contributed by atoms with Crippen LogP contribution >= 0.6 is 12.2 Å². The van der Waals surface area contributed by atoms with E-state index >= 15 is 0 Å². The zero-order valence-electron chi connectivity index (χ0n) is 15.5. The predicted molar refractivity (Wildman–Crippen MR) is 109 cm³/mol. The third-order valence-corrected chi connectivity index (χ3v) is 5.55. The van der Waals surface area contributed by atoms with Gasteiger partial charge in [0, 0.05) is 30.3 Å². The minimum atomic E-state index is -0.218. The number of anilines is 1. The quantitative estimate of drug-likeness (QED) is 0.685. The number of benzene rings is 1. The molecule has 138 valence electrons. The van der Waals surface area contributed by atoms with Crippen molar-refractivity contribution in [2.75, 3.05) is 4.90 Å². The monoisotopic (exact) mass is 380 g/mol. The molecule has 1 saturated heterocycles. The average molecular weight is 380 g/mol. The molecule has 1 fully saturated rings. The van der Waals surface area contributed by atoms with Crippen LogP contribution in [-0.2, 0) is 7.05 Å². The molecule has 27 heavy (non-hydrogen) atoms. The summed E-state index contributed by atoms with van der Waals surface area (Å²) in [6, 6.07) is 15.0. The largest absolute Gasteiger partial charge is 0.351 e. The summed E-state index contributed by atoms with van der Waals surface area (Å²) >= 11 is 5.69. The molecule has 1 aliphatic heterocycles. The molecule has 0 aliphatic carbocycles. The lowest BCUT2D eigenvalue weighted by atomic mass is 10.0. The van der Waals surface area contributed by atoms with Crippen molar-refractivity contribution in [2.45, 2.75) is 25.9 Å². The molecule has 1 N–H and O–H groups in total. The summed E-state index contributed by atoms with van der Waals surface area (Å²) in [4.78, 5) is 6.61. The Morgan fingerprint density at radius 2 is 1.93 bits per heavy atom. The van der Waals surface area contributed by atoms with Gasteiger partial charge >= 0.3 is 0 Å². The summed E-state index contributed by atoms with van der Waals surface area (Å²) in [5, 5.41) is 4.04. The van der Waals surface area contributed by atoms with Gasteiger partial charge in [-0.3, -0.25) is 4.98 Å². The Labute approximate surface area is 163 Å². The molecule has 0 spiro atoms. The van der Waals surface area contributed by atoms with Crippen LogP contribution in [0.4, 0.5) is 10.1 Å². The predicted octanol–water partition coefficient (Wildman–Crippen LogP) is 4.35. The molecule has 4 nitrogen and oxygen atoms in total. The molecular formula is C21H21FN4S. The Morgan fingerprint density at radius 1 is 1.11 bits per heavy atom. The van der Waals surface area contributed by atoms with Crippen LogP contribution in [0.5, 0.6) is 0 Å². The smallest absolute Gasteiger partial charge is 0.174 e. The van der Waals surface area contributed by atoms with Crippen molar-refractivity contribution < 1.29 is 4.39 Å². The number of halogens is 1. The van der Waals surface area contributed by atoms with Crippen LogP contribution in [-0.4, -0.2) is 14.7 Å². The summed E-state index contributed by atoms with van der Waals surface area (Å²) in [5.74, 6) is -0.218. The second kappa shape index (κ2) is 6.78. The van der Waals surface area contributed by atoms with Crippen LogP contribution in [0.1, 0.15) is 34.7 Å². The van der Waals surface area contributed by atoms with Crippen LogP contribution < -0.4 is 10.2 Å². The van der Waals surface area contributed by atoms with Crippen LogP contribution in [0.3, 0.4) is 0 Å². The fourth-order valence-electron chi connectivity index (χ4n) is 3.64. The molecule has 2 atom stereocenters. The van der Waals surface area contributed by atoms with Gasteiger partial charge in [0.25, 0.3) is 0 Å². The van der Waals surface area contributed by atoms with Gasteiger partial charge < -0.3 is 14.8 Å². The maximum atomic E-state index is 13.8. The number of aromatic nitrogens is 2. The Hall–Kier alpha value is -2.73. The number of hydrogen-bond donors (Lipinski definition) is 1. The van der Waals surface area contributed by atoms with E-state index in [9.17, 15) is 4.39 Å². The average Bonchev–Trinajstić information content (AvgIpc) is 3.18. The first kappa shape index (κ1) is 17.7. The summed E-state index contributed by atoms with van der Waals surface area (Å²) < 4.78 is 16.0. The van der Waals surface area contributed by atoms with Gasteiger partial charge in [0.05, 0.1) is 11.7 Å². The van der Waals surface area contributed by atoms with Gasteiger partial charge in [0.2, 0.25) is 0 Å². The molecule has 0 bridgehead atoms. The maximum absolute atomic E-state index is 13.8. The first-order chi connectivity index (χ1) is 13.0. The Bertz CT molecular complexity index is 999. The number of nitrogens with one attached hydrogen (secondary N) is 1. The van der Waals surface area contributed by atoms with E-state index in [1.807, 2.05) is 24.3 Å². The fourth-order valence-corrected chi connectivity index (χ4v) is 3.99. The highest BCUT2D eigenvalue weighted by molar-refractivity contribution is 7.80.